The first kappa shape index (κ1) is 12.9. The lowest BCUT2D eigenvalue weighted by Crippen LogP contribution is -1.89. The van der Waals surface area contributed by atoms with Crippen LogP contribution in [-0.2, 0) is 0 Å². The lowest BCUT2D eigenvalue weighted by Gasteiger charge is -2.15. The Hall–Kier alpha value is -2.80. The molecule has 4 aromatic carbocycles. The van der Waals surface area contributed by atoms with Gasteiger partial charge in [-0.1, -0.05) is 66.7 Å². The maximum absolute atomic E-state index is 10.4. The molecule has 0 bridgehead atoms. The number of aromatic hydroxyl groups is 1. The van der Waals surface area contributed by atoms with E-state index in [1.54, 1.807) is 6.07 Å². The van der Waals surface area contributed by atoms with Crippen molar-refractivity contribution >= 4 is 21.5 Å². The van der Waals surface area contributed by atoms with Crippen LogP contribution < -0.4 is 0 Å². The molecule has 0 saturated carbocycles. The Balaban J connectivity index is 2.29. The van der Waals surface area contributed by atoms with E-state index in [0.29, 0.717) is 5.75 Å². The first-order chi connectivity index (χ1) is 10.8. The highest BCUT2D eigenvalue weighted by Gasteiger charge is 2.14. The molecule has 4 aromatic rings. The van der Waals surface area contributed by atoms with Gasteiger partial charge in [0.05, 0.1) is 0 Å². The molecule has 0 amide bonds. The summed E-state index contributed by atoms with van der Waals surface area (Å²) in [5, 5.41) is 15.2. The molecule has 1 nitrogen and oxygen atoms in total. The SMILES string of the molecule is Cc1c2ccccc2c(-c2ccccc2O)c2ccccc12. The highest BCUT2D eigenvalue weighted by Crippen LogP contribution is 2.41. The molecule has 0 spiro atoms. The second kappa shape index (κ2) is 4.88. The number of rotatable bonds is 1. The third-order valence-corrected chi connectivity index (χ3v) is 4.37. The average molecular weight is 284 g/mol. The van der Waals surface area contributed by atoms with Gasteiger partial charge in [-0.05, 0) is 40.1 Å². The minimum Gasteiger partial charge on any atom is -0.507 e. The van der Waals surface area contributed by atoms with Crippen LogP contribution in [0.4, 0.5) is 0 Å². The number of benzene rings is 4. The summed E-state index contributed by atoms with van der Waals surface area (Å²) in [5.41, 5.74) is 3.27. The Morgan fingerprint density at radius 3 is 1.59 bits per heavy atom. The summed E-state index contributed by atoms with van der Waals surface area (Å²) < 4.78 is 0. The van der Waals surface area contributed by atoms with Crippen LogP contribution >= 0.6 is 0 Å². The van der Waals surface area contributed by atoms with Crippen LogP contribution in [0.2, 0.25) is 0 Å². The smallest absolute Gasteiger partial charge is 0.123 e. The molecule has 0 aliphatic rings. The number of fused-ring (bicyclic) bond motifs is 2. The van der Waals surface area contributed by atoms with E-state index in [1.807, 2.05) is 18.2 Å². The van der Waals surface area contributed by atoms with E-state index in [-0.39, 0.29) is 0 Å². The number of hydrogen-bond acceptors (Lipinski definition) is 1. The molecule has 0 aliphatic heterocycles. The van der Waals surface area contributed by atoms with Crippen molar-refractivity contribution in [3.63, 3.8) is 0 Å². The standard InChI is InChI=1S/C21H16O/c1-14-15-8-2-4-10-17(15)21(18-11-5-3-9-16(14)18)19-12-6-7-13-20(19)22/h2-13,22H,1H3. The molecule has 0 atom stereocenters. The predicted molar refractivity (Wildman–Crippen MR) is 93.3 cm³/mol. The van der Waals surface area contributed by atoms with Gasteiger partial charge in [0.1, 0.15) is 5.75 Å². The average Bonchev–Trinajstić information content (AvgIpc) is 2.57. The topological polar surface area (TPSA) is 20.2 Å². The normalized spacial score (nSPS) is 11.1. The minimum atomic E-state index is 0.321. The summed E-state index contributed by atoms with van der Waals surface area (Å²) in [6, 6.07) is 24.4. The summed E-state index contributed by atoms with van der Waals surface area (Å²) in [5.74, 6) is 0.321. The molecule has 0 radical (unpaired) electrons. The predicted octanol–water partition coefficient (Wildman–Crippen LogP) is 5.67. The van der Waals surface area contributed by atoms with E-state index >= 15 is 0 Å². The summed E-state index contributed by atoms with van der Waals surface area (Å²) in [7, 11) is 0. The monoisotopic (exact) mass is 284 g/mol. The van der Waals surface area contributed by atoms with E-state index in [9.17, 15) is 5.11 Å². The maximum Gasteiger partial charge on any atom is 0.123 e. The Kier molecular flexibility index (Phi) is 2.87. The van der Waals surface area contributed by atoms with Gasteiger partial charge in [0, 0.05) is 11.1 Å². The molecule has 0 saturated heterocycles. The van der Waals surface area contributed by atoms with Crippen LogP contribution in [0.5, 0.6) is 5.75 Å². The van der Waals surface area contributed by atoms with Gasteiger partial charge in [-0.2, -0.15) is 0 Å². The minimum absolute atomic E-state index is 0.321. The van der Waals surface area contributed by atoms with Crippen LogP contribution in [-0.4, -0.2) is 5.11 Å². The quantitative estimate of drug-likeness (QED) is 0.446. The third-order valence-electron chi connectivity index (χ3n) is 4.37. The van der Waals surface area contributed by atoms with Crippen molar-refractivity contribution in [2.75, 3.05) is 0 Å². The van der Waals surface area contributed by atoms with E-state index in [2.05, 4.69) is 55.5 Å². The number of phenolic OH excluding ortho intramolecular Hbond substituents is 1. The molecule has 1 N–H and O–H groups in total. The van der Waals surface area contributed by atoms with Crippen LogP contribution in [0, 0.1) is 6.92 Å². The van der Waals surface area contributed by atoms with Crippen molar-refractivity contribution < 1.29 is 5.11 Å². The lowest BCUT2D eigenvalue weighted by molar-refractivity contribution is 0.477. The highest BCUT2D eigenvalue weighted by molar-refractivity contribution is 6.15. The van der Waals surface area contributed by atoms with Crippen molar-refractivity contribution in [2.45, 2.75) is 6.92 Å². The van der Waals surface area contributed by atoms with Gasteiger partial charge in [-0.15, -0.1) is 0 Å². The first-order valence-electron chi connectivity index (χ1n) is 7.46. The van der Waals surface area contributed by atoms with Gasteiger partial charge in [0.15, 0.2) is 0 Å². The number of para-hydroxylation sites is 1. The maximum atomic E-state index is 10.4. The van der Waals surface area contributed by atoms with E-state index < -0.39 is 0 Å². The Labute approximate surface area is 129 Å². The first-order valence-corrected chi connectivity index (χ1v) is 7.46. The van der Waals surface area contributed by atoms with Gasteiger partial charge < -0.3 is 5.11 Å². The fourth-order valence-corrected chi connectivity index (χ4v) is 3.32. The van der Waals surface area contributed by atoms with Gasteiger partial charge in [0.25, 0.3) is 0 Å². The molecule has 1 heteroatoms. The zero-order valence-corrected chi connectivity index (χ0v) is 12.4. The molecular weight excluding hydrogens is 268 g/mol. The zero-order chi connectivity index (χ0) is 15.1. The van der Waals surface area contributed by atoms with Crippen molar-refractivity contribution in [1.29, 1.82) is 0 Å². The van der Waals surface area contributed by atoms with Crippen molar-refractivity contribution in [3.8, 4) is 16.9 Å². The third kappa shape index (κ3) is 1.79. The van der Waals surface area contributed by atoms with Crippen molar-refractivity contribution in [3.05, 3.63) is 78.4 Å². The molecule has 0 heterocycles. The molecular formula is C21H16O. The van der Waals surface area contributed by atoms with Crippen LogP contribution in [0.25, 0.3) is 32.7 Å². The highest BCUT2D eigenvalue weighted by atomic mass is 16.3. The van der Waals surface area contributed by atoms with E-state index in [0.717, 1.165) is 11.1 Å². The second-order valence-corrected chi connectivity index (χ2v) is 5.61. The molecule has 22 heavy (non-hydrogen) atoms. The summed E-state index contributed by atoms with van der Waals surface area (Å²) in [4.78, 5) is 0. The fourth-order valence-electron chi connectivity index (χ4n) is 3.32. The molecule has 0 aromatic heterocycles. The van der Waals surface area contributed by atoms with E-state index in [4.69, 9.17) is 0 Å². The lowest BCUT2D eigenvalue weighted by atomic mass is 9.88. The van der Waals surface area contributed by atoms with Crippen molar-refractivity contribution in [2.24, 2.45) is 0 Å². The summed E-state index contributed by atoms with van der Waals surface area (Å²) >= 11 is 0. The van der Waals surface area contributed by atoms with Gasteiger partial charge in [-0.3, -0.25) is 0 Å². The van der Waals surface area contributed by atoms with Gasteiger partial charge in [0.2, 0.25) is 0 Å². The van der Waals surface area contributed by atoms with Crippen LogP contribution in [0.15, 0.2) is 72.8 Å². The van der Waals surface area contributed by atoms with Gasteiger partial charge >= 0.3 is 0 Å². The van der Waals surface area contributed by atoms with Gasteiger partial charge in [-0.25, -0.2) is 0 Å². The Morgan fingerprint density at radius 2 is 1.05 bits per heavy atom. The molecule has 0 aliphatic carbocycles. The Morgan fingerprint density at radius 1 is 0.591 bits per heavy atom. The number of hydrogen-bond donors (Lipinski definition) is 1. The van der Waals surface area contributed by atoms with Crippen molar-refractivity contribution in [1.82, 2.24) is 0 Å². The number of phenols is 1. The summed E-state index contributed by atoms with van der Waals surface area (Å²) in [6.07, 6.45) is 0. The van der Waals surface area contributed by atoms with Crippen LogP contribution in [0.1, 0.15) is 5.56 Å². The molecule has 0 fully saturated rings. The second-order valence-electron chi connectivity index (χ2n) is 5.61. The molecule has 0 unspecified atom stereocenters. The Bertz CT molecular complexity index is 942. The van der Waals surface area contributed by atoms with Crippen LogP contribution in [0.3, 0.4) is 0 Å². The molecule has 106 valence electrons. The molecule has 4 rings (SSSR count). The fraction of sp³-hybridized carbons (Fsp3) is 0.0476. The zero-order valence-electron chi connectivity index (χ0n) is 12.4. The largest absolute Gasteiger partial charge is 0.507 e. The van der Waals surface area contributed by atoms with E-state index in [1.165, 1.54) is 27.1 Å². The summed E-state index contributed by atoms with van der Waals surface area (Å²) in [6.45, 7) is 2.17. The number of aryl methyl sites for hydroxylation is 1.